The van der Waals surface area contributed by atoms with E-state index in [1.54, 1.807) is 0 Å². The molecule has 7 heteroatoms. The van der Waals surface area contributed by atoms with Crippen molar-refractivity contribution in [1.29, 1.82) is 0 Å². The summed E-state index contributed by atoms with van der Waals surface area (Å²) in [6, 6.07) is -1.06. The summed E-state index contributed by atoms with van der Waals surface area (Å²) >= 11 is 0. The Hall–Kier alpha value is -1.63. The summed E-state index contributed by atoms with van der Waals surface area (Å²) in [5.74, 6) is -1.66. The van der Waals surface area contributed by atoms with E-state index in [1.807, 2.05) is 6.92 Å². The average Bonchev–Trinajstić information content (AvgIpc) is 2.40. The minimum Gasteiger partial charge on any atom is -0.480 e. The van der Waals surface area contributed by atoms with Crippen molar-refractivity contribution in [3.8, 4) is 0 Å². The summed E-state index contributed by atoms with van der Waals surface area (Å²) < 4.78 is 4.43. The van der Waals surface area contributed by atoms with Crippen LogP contribution in [0.4, 0.5) is 0 Å². The first-order chi connectivity index (χ1) is 9.40. The molecule has 0 saturated carbocycles. The fraction of sp³-hybridized carbons (Fsp3) is 0.769. The van der Waals surface area contributed by atoms with Gasteiger partial charge in [0.05, 0.1) is 7.11 Å². The van der Waals surface area contributed by atoms with Gasteiger partial charge in [-0.15, -0.1) is 0 Å². The van der Waals surface area contributed by atoms with E-state index in [0.717, 1.165) is 6.42 Å². The summed E-state index contributed by atoms with van der Waals surface area (Å²) in [5, 5.41) is 11.4. The first-order valence-corrected chi connectivity index (χ1v) is 6.69. The van der Waals surface area contributed by atoms with E-state index in [1.165, 1.54) is 7.11 Å². The Morgan fingerprint density at radius 1 is 1.20 bits per heavy atom. The van der Waals surface area contributed by atoms with Gasteiger partial charge < -0.3 is 20.9 Å². The number of rotatable bonds is 10. The van der Waals surface area contributed by atoms with Crippen molar-refractivity contribution in [3.63, 3.8) is 0 Å². The maximum absolute atomic E-state index is 11.7. The molecule has 0 aliphatic carbocycles. The van der Waals surface area contributed by atoms with Crippen LogP contribution >= 0.6 is 0 Å². The van der Waals surface area contributed by atoms with Gasteiger partial charge in [0.25, 0.3) is 0 Å². The van der Waals surface area contributed by atoms with Gasteiger partial charge in [0, 0.05) is 12.8 Å². The first kappa shape index (κ1) is 18.4. The summed E-state index contributed by atoms with van der Waals surface area (Å²) in [4.78, 5) is 33.6. The number of hydrogen-bond donors (Lipinski definition) is 3. The summed E-state index contributed by atoms with van der Waals surface area (Å²) in [6.45, 7) is 2.56. The minimum absolute atomic E-state index is 0.0199. The molecule has 0 aliphatic heterocycles. The lowest BCUT2D eigenvalue weighted by Gasteiger charge is -2.15. The number of nitrogens with one attached hydrogen (secondary N) is 1. The van der Waals surface area contributed by atoms with Crippen molar-refractivity contribution in [2.45, 2.75) is 45.1 Å². The van der Waals surface area contributed by atoms with E-state index in [2.05, 4.69) is 10.1 Å². The second-order valence-electron chi connectivity index (χ2n) is 4.79. The summed E-state index contributed by atoms with van der Waals surface area (Å²) in [5.41, 5.74) is 5.42. The van der Waals surface area contributed by atoms with E-state index in [4.69, 9.17) is 10.8 Å². The number of methoxy groups -OCH3 is 1. The van der Waals surface area contributed by atoms with Gasteiger partial charge in [-0.3, -0.25) is 9.59 Å². The standard InChI is InChI=1S/C13H24N2O5/c1-9(7-8-14)3-5-11(16)15-10(13(18)19)4-6-12(17)20-2/h9-10H,3-8,14H2,1-2H3,(H,15,16)(H,18,19)/t9?,10-/m1/s1. The molecule has 0 heterocycles. The quantitative estimate of drug-likeness (QED) is 0.497. The lowest BCUT2D eigenvalue weighted by Crippen LogP contribution is -2.41. The number of ether oxygens (including phenoxy) is 1. The molecule has 0 aromatic carbocycles. The van der Waals surface area contributed by atoms with Crippen LogP contribution in [0.5, 0.6) is 0 Å². The highest BCUT2D eigenvalue weighted by Crippen LogP contribution is 2.09. The van der Waals surface area contributed by atoms with Crippen molar-refractivity contribution in [1.82, 2.24) is 5.32 Å². The number of carboxylic acid groups (broad SMARTS) is 1. The van der Waals surface area contributed by atoms with Crippen molar-refractivity contribution >= 4 is 17.8 Å². The number of amides is 1. The predicted molar refractivity (Wildman–Crippen MR) is 72.9 cm³/mol. The van der Waals surface area contributed by atoms with Crippen molar-refractivity contribution in [3.05, 3.63) is 0 Å². The van der Waals surface area contributed by atoms with Crippen molar-refractivity contribution < 1.29 is 24.2 Å². The van der Waals surface area contributed by atoms with Crippen LogP contribution in [-0.4, -0.2) is 42.6 Å². The Morgan fingerprint density at radius 3 is 2.35 bits per heavy atom. The van der Waals surface area contributed by atoms with E-state index in [9.17, 15) is 14.4 Å². The maximum Gasteiger partial charge on any atom is 0.326 e. The van der Waals surface area contributed by atoms with Crippen LogP contribution < -0.4 is 11.1 Å². The Bertz CT molecular complexity index is 333. The van der Waals surface area contributed by atoms with Crippen molar-refractivity contribution in [2.24, 2.45) is 11.7 Å². The lowest BCUT2D eigenvalue weighted by atomic mass is 10.0. The van der Waals surface area contributed by atoms with Gasteiger partial charge in [-0.05, 0) is 31.7 Å². The van der Waals surface area contributed by atoms with Crippen LogP contribution in [0.15, 0.2) is 0 Å². The number of carbonyl (C=O) groups is 3. The highest BCUT2D eigenvalue weighted by Gasteiger charge is 2.21. The topological polar surface area (TPSA) is 119 Å². The zero-order valence-corrected chi connectivity index (χ0v) is 12.1. The number of aliphatic carboxylic acids is 1. The average molecular weight is 288 g/mol. The third-order valence-electron chi connectivity index (χ3n) is 3.02. The number of nitrogens with two attached hydrogens (primary N) is 1. The fourth-order valence-electron chi connectivity index (χ4n) is 1.69. The monoisotopic (exact) mass is 288 g/mol. The van der Waals surface area contributed by atoms with Gasteiger partial charge in [-0.25, -0.2) is 4.79 Å². The van der Waals surface area contributed by atoms with Gasteiger partial charge in [-0.2, -0.15) is 0 Å². The number of carboxylic acids is 1. The summed E-state index contributed by atoms with van der Waals surface area (Å²) in [7, 11) is 1.23. The third kappa shape index (κ3) is 8.47. The minimum atomic E-state index is -1.16. The second-order valence-corrected chi connectivity index (χ2v) is 4.79. The molecule has 1 amide bonds. The molecule has 0 aromatic heterocycles. The first-order valence-electron chi connectivity index (χ1n) is 6.69. The number of hydrogen-bond acceptors (Lipinski definition) is 5. The van der Waals surface area contributed by atoms with E-state index >= 15 is 0 Å². The van der Waals surface area contributed by atoms with E-state index in [0.29, 0.717) is 18.9 Å². The molecule has 116 valence electrons. The molecule has 0 aromatic rings. The molecular formula is C13H24N2O5. The molecular weight excluding hydrogens is 264 g/mol. The van der Waals surface area contributed by atoms with Crippen LogP contribution in [0, 0.1) is 5.92 Å². The molecule has 4 N–H and O–H groups in total. The molecule has 0 radical (unpaired) electrons. The van der Waals surface area contributed by atoms with Crippen LogP contribution in [0.25, 0.3) is 0 Å². The third-order valence-corrected chi connectivity index (χ3v) is 3.02. The van der Waals surface area contributed by atoms with Gasteiger partial charge in [0.1, 0.15) is 6.04 Å². The Labute approximate surface area is 118 Å². The highest BCUT2D eigenvalue weighted by molar-refractivity contribution is 5.84. The predicted octanol–water partition coefficient (Wildman–Crippen LogP) is 0.274. The van der Waals surface area contributed by atoms with Crippen molar-refractivity contribution in [2.75, 3.05) is 13.7 Å². The number of carbonyl (C=O) groups excluding carboxylic acids is 2. The van der Waals surface area contributed by atoms with Gasteiger partial charge in [-0.1, -0.05) is 6.92 Å². The lowest BCUT2D eigenvalue weighted by molar-refractivity contribution is -0.144. The van der Waals surface area contributed by atoms with Gasteiger partial charge in [0.2, 0.25) is 5.91 Å². The smallest absolute Gasteiger partial charge is 0.326 e. The van der Waals surface area contributed by atoms with Gasteiger partial charge in [0.15, 0.2) is 0 Å². The zero-order valence-electron chi connectivity index (χ0n) is 12.1. The van der Waals surface area contributed by atoms with Gasteiger partial charge >= 0.3 is 11.9 Å². The normalized spacial score (nSPS) is 13.3. The Kier molecular flexibility index (Phi) is 9.36. The van der Waals surface area contributed by atoms with Crippen LogP contribution in [0.2, 0.25) is 0 Å². The molecule has 0 spiro atoms. The molecule has 2 atom stereocenters. The maximum atomic E-state index is 11.7. The van der Waals surface area contributed by atoms with Crippen LogP contribution in [-0.2, 0) is 19.1 Å². The molecule has 7 nitrogen and oxygen atoms in total. The molecule has 0 bridgehead atoms. The number of esters is 1. The Balaban J connectivity index is 4.14. The highest BCUT2D eigenvalue weighted by atomic mass is 16.5. The van der Waals surface area contributed by atoms with E-state index < -0.39 is 18.0 Å². The van der Waals surface area contributed by atoms with Crippen LogP contribution in [0.1, 0.15) is 39.0 Å². The molecule has 0 rings (SSSR count). The second kappa shape index (κ2) is 10.2. The molecule has 1 unspecified atom stereocenters. The molecule has 0 fully saturated rings. The zero-order chi connectivity index (χ0) is 15.5. The summed E-state index contributed by atoms with van der Waals surface area (Å²) in [6.07, 6.45) is 1.72. The fourth-order valence-corrected chi connectivity index (χ4v) is 1.69. The molecule has 0 saturated heterocycles. The molecule has 20 heavy (non-hydrogen) atoms. The van der Waals surface area contributed by atoms with E-state index in [-0.39, 0.29) is 25.2 Å². The largest absolute Gasteiger partial charge is 0.480 e. The molecule has 0 aliphatic rings. The SMILES string of the molecule is COC(=O)CC[C@@H](NC(=O)CCC(C)CCN)C(=O)O. The van der Waals surface area contributed by atoms with Crippen LogP contribution in [0.3, 0.4) is 0 Å². The Morgan fingerprint density at radius 2 is 1.85 bits per heavy atom.